The molecule has 6 heteroatoms. The molecule has 0 amide bonds. The Bertz CT molecular complexity index is 760. The molecule has 1 atom stereocenters. The first-order chi connectivity index (χ1) is 10.7. The molecular weight excluding hydrogens is 280 g/mol. The summed E-state index contributed by atoms with van der Waals surface area (Å²) in [5.41, 5.74) is 9.43. The molecule has 1 aliphatic carbocycles. The van der Waals surface area contributed by atoms with Gasteiger partial charge in [-0.1, -0.05) is 6.07 Å². The van der Waals surface area contributed by atoms with Crippen molar-refractivity contribution in [2.24, 2.45) is 10.7 Å². The lowest BCUT2D eigenvalue weighted by Gasteiger charge is -2.32. The molecule has 0 bridgehead atoms. The zero-order valence-electron chi connectivity index (χ0n) is 12.0. The van der Waals surface area contributed by atoms with E-state index in [4.69, 9.17) is 10.5 Å². The SMILES string of the molecule is NC1=NC2(CCc3c(O)ccc(-c4cncnc4)c3C2)CO1. The number of fused-ring (bicyclic) bond motifs is 1. The number of phenols is 1. The van der Waals surface area contributed by atoms with E-state index in [2.05, 4.69) is 15.0 Å². The van der Waals surface area contributed by atoms with Gasteiger partial charge >= 0.3 is 0 Å². The van der Waals surface area contributed by atoms with Crippen LogP contribution in [0.15, 0.2) is 35.8 Å². The Morgan fingerprint density at radius 2 is 2.00 bits per heavy atom. The second kappa shape index (κ2) is 4.69. The fourth-order valence-electron chi connectivity index (χ4n) is 3.37. The highest BCUT2D eigenvalue weighted by Gasteiger charge is 2.40. The van der Waals surface area contributed by atoms with Crippen molar-refractivity contribution < 1.29 is 9.84 Å². The molecule has 6 nitrogen and oxygen atoms in total. The van der Waals surface area contributed by atoms with Crippen LogP contribution >= 0.6 is 0 Å². The molecule has 0 fully saturated rings. The summed E-state index contributed by atoms with van der Waals surface area (Å²) in [4.78, 5) is 12.7. The van der Waals surface area contributed by atoms with Crippen molar-refractivity contribution in [3.8, 4) is 16.9 Å². The molecule has 1 unspecified atom stereocenters. The minimum atomic E-state index is -0.310. The van der Waals surface area contributed by atoms with Crippen LogP contribution in [0.25, 0.3) is 11.1 Å². The minimum absolute atomic E-state index is 0.258. The van der Waals surface area contributed by atoms with Gasteiger partial charge in [0.2, 0.25) is 0 Å². The molecule has 2 aliphatic rings. The maximum absolute atomic E-state index is 10.2. The first kappa shape index (κ1) is 13.1. The maximum atomic E-state index is 10.2. The molecule has 1 aliphatic heterocycles. The number of ether oxygens (including phenoxy) is 1. The second-order valence-electron chi connectivity index (χ2n) is 5.86. The van der Waals surface area contributed by atoms with E-state index in [1.54, 1.807) is 18.5 Å². The quantitative estimate of drug-likeness (QED) is 0.830. The summed E-state index contributed by atoms with van der Waals surface area (Å²) in [5.74, 6) is 0.335. The molecular formula is C16H16N4O2. The molecule has 0 saturated carbocycles. The lowest BCUT2D eigenvalue weighted by Crippen LogP contribution is -2.35. The predicted molar refractivity (Wildman–Crippen MR) is 81.5 cm³/mol. The van der Waals surface area contributed by atoms with Gasteiger partial charge in [-0.05, 0) is 35.6 Å². The average Bonchev–Trinajstić information content (AvgIpc) is 2.89. The molecule has 22 heavy (non-hydrogen) atoms. The molecule has 2 aromatic rings. The number of aromatic nitrogens is 2. The first-order valence-corrected chi connectivity index (χ1v) is 7.24. The summed E-state index contributed by atoms with van der Waals surface area (Å²) < 4.78 is 5.38. The third kappa shape index (κ3) is 1.99. The number of aromatic hydroxyl groups is 1. The predicted octanol–water partition coefficient (Wildman–Crippen LogP) is 1.42. The number of rotatable bonds is 1. The van der Waals surface area contributed by atoms with Crippen molar-refractivity contribution in [1.29, 1.82) is 0 Å². The highest BCUT2D eigenvalue weighted by molar-refractivity contribution is 5.75. The van der Waals surface area contributed by atoms with Crippen LogP contribution in [0.4, 0.5) is 0 Å². The molecule has 2 heterocycles. The lowest BCUT2D eigenvalue weighted by molar-refractivity contribution is 0.234. The van der Waals surface area contributed by atoms with Gasteiger partial charge in [-0.2, -0.15) is 0 Å². The fourth-order valence-corrected chi connectivity index (χ4v) is 3.37. The summed E-state index contributed by atoms with van der Waals surface area (Å²) in [7, 11) is 0. The van der Waals surface area contributed by atoms with Crippen LogP contribution in [0.1, 0.15) is 17.5 Å². The smallest absolute Gasteiger partial charge is 0.282 e. The van der Waals surface area contributed by atoms with E-state index in [1.807, 2.05) is 6.07 Å². The lowest BCUT2D eigenvalue weighted by atomic mass is 9.76. The summed E-state index contributed by atoms with van der Waals surface area (Å²) in [6.07, 6.45) is 7.34. The highest BCUT2D eigenvalue weighted by atomic mass is 16.5. The van der Waals surface area contributed by atoms with Crippen molar-refractivity contribution in [1.82, 2.24) is 9.97 Å². The van der Waals surface area contributed by atoms with Gasteiger partial charge < -0.3 is 15.6 Å². The minimum Gasteiger partial charge on any atom is -0.508 e. The van der Waals surface area contributed by atoms with Crippen LogP contribution < -0.4 is 5.73 Å². The molecule has 112 valence electrons. The fraction of sp³-hybridized carbons (Fsp3) is 0.312. The highest BCUT2D eigenvalue weighted by Crippen LogP contribution is 2.42. The van der Waals surface area contributed by atoms with Crippen LogP contribution in [-0.2, 0) is 17.6 Å². The number of hydrogen-bond acceptors (Lipinski definition) is 6. The summed E-state index contributed by atoms with van der Waals surface area (Å²) in [6.45, 7) is 0.499. The Kier molecular flexibility index (Phi) is 2.79. The molecule has 1 spiro atoms. The molecule has 0 saturated heterocycles. The third-order valence-corrected chi connectivity index (χ3v) is 4.46. The number of aliphatic imine (C=N–C) groups is 1. The molecule has 3 N–H and O–H groups in total. The summed E-state index contributed by atoms with van der Waals surface area (Å²) in [6, 6.07) is 3.91. The number of amidine groups is 1. The van der Waals surface area contributed by atoms with Crippen molar-refractivity contribution in [2.75, 3.05) is 6.61 Å². The van der Waals surface area contributed by atoms with Gasteiger partial charge in [0.15, 0.2) is 0 Å². The van der Waals surface area contributed by atoms with E-state index < -0.39 is 0 Å². The largest absolute Gasteiger partial charge is 0.508 e. The van der Waals surface area contributed by atoms with Crippen LogP contribution in [0.2, 0.25) is 0 Å². The summed E-state index contributed by atoms with van der Waals surface area (Å²) in [5, 5.41) is 10.2. The average molecular weight is 296 g/mol. The molecule has 0 radical (unpaired) electrons. The first-order valence-electron chi connectivity index (χ1n) is 7.24. The van der Waals surface area contributed by atoms with Crippen LogP contribution in [-0.4, -0.2) is 33.2 Å². The van der Waals surface area contributed by atoms with Crippen molar-refractivity contribution in [2.45, 2.75) is 24.8 Å². The molecule has 4 rings (SSSR count). The van der Waals surface area contributed by atoms with Gasteiger partial charge in [0, 0.05) is 24.4 Å². The Balaban J connectivity index is 1.84. The molecule has 1 aromatic carbocycles. The normalized spacial score (nSPS) is 23.0. The van der Waals surface area contributed by atoms with Crippen LogP contribution in [0.3, 0.4) is 0 Å². The second-order valence-corrected chi connectivity index (χ2v) is 5.86. The van der Waals surface area contributed by atoms with E-state index in [1.165, 1.54) is 6.33 Å². The van der Waals surface area contributed by atoms with E-state index in [0.717, 1.165) is 35.1 Å². The standard InChI is InChI=1S/C16H16N4O2/c17-15-20-16(8-22-15)4-3-12-13(5-16)11(1-2-14(12)21)10-6-18-9-19-7-10/h1-2,6-7,9,21H,3-5,8H2,(H2,17,20). The van der Waals surface area contributed by atoms with E-state index in [-0.39, 0.29) is 11.6 Å². The zero-order valence-corrected chi connectivity index (χ0v) is 12.0. The number of nitrogens with zero attached hydrogens (tertiary/aromatic N) is 3. The van der Waals surface area contributed by atoms with Crippen molar-refractivity contribution >= 4 is 6.02 Å². The van der Waals surface area contributed by atoms with Gasteiger partial charge in [-0.25, -0.2) is 15.0 Å². The number of nitrogens with two attached hydrogens (primary N) is 1. The third-order valence-electron chi connectivity index (χ3n) is 4.46. The van der Waals surface area contributed by atoms with Gasteiger partial charge in [0.1, 0.15) is 24.2 Å². The van der Waals surface area contributed by atoms with E-state index >= 15 is 0 Å². The van der Waals surface area contributed by atoms with E-state index in [0.29, 0.717) is 18.8 Å². The Morgan fingerprint density at radius 1 is 1.18 bits per heavy atom. The Morgan fingerprint density at radius 3 is 2.73 bits per heavy atom. The number of benzene rings is 1. The number of phenolic OH excluding ortho intramolecular Hbond substituents is 1. The summed E-state index contributed by atoms with van der Waals surface area (Å²) >= 11 is 0. The monoisotopic (exact) mass is 296 g/mol. The molecule has 1 aromatic heterocycles. The van der Waals surface area contributed by atoms with Gasteiger partial charge in [0.25, 0.3) is 6.02 Å². The van der Waals surface area contributed by atoms with Crippen LogP contribution in [0, 0.1) is 0 Å². The Hall–Kier alpha value is -2.63. The van der Waals surface area contributed by atoms with Crippen molar-refractivity contribution in [3.05, 3.63) is 42.0 Å². The number of hydrogen-bond donors (Lipinski definition) is 2. The van der Waals surface area contributed by atoms with Crippen LogP contribution in [0.5, 0.6) is 5.75 Å². The topological polar surface area (TPSA) is 93.6 Å². The Labute approximate surface area is 127 Å². The zero-order chi connectivity index (χ0) is 15.2. The van der Waals surface area contributed by atoms with Gasteiger partial charge in [-0.3, -0.25) is 0 Å². The van der Waals surface area contributed by atoms with Crippen molar-refractivity contribution in [3.63, 3.8) is 0 Å². The van der Waals surface area contributed by atoms with E-state index in [9.17, 15) is 5.11 Å². The maximum Gasteiger partial charge on any atom is 0.282 e. The van der Waals surface area contributed by atoms with Gasteiger partial charge in [0.05, 0.1) is 0 Å². The van der Waals surface area contributed by atoms with Gasteiger partial charge in [-0.15, -0.1) is 0 Å².